The molecule has 2 aliphatic rings. The van der Waals surface area contributed by atoms with Gasteiger partial charge in [-0.1, -0.05) is 24.3 Å². The van der Waals surface area contributed by atoms with E-state index in [1.807, 2.05) is 24.3 Å². The molecule has 2 aromatic rings. The lowest BCUT2D eigenvalue weighted by Crippen LogP contribution is -2.19. The molecule has 0 spiro atoms. The van der Waals surface area contributed by atoms with Crippen LogP contribution < -0.4 is 20.1 Å². The number of rotatable bonds is 11. The predicted octanol–water partition coefficient (Wildman–Crippen LogP) is 4.25. The molecule has 0 bridgehead atoms. The van der Waals surface area contributed by atoms with Crippen molar-refractivity contribution in [1.29, 1.82) is 0 Å². The summed E-state index contributed by atoms with van der Waals surface area (Å²) in [6.45, 7) is 5.01. The van der Waals surface area contributed by atoms with E-state index in [4.69, 9.17) is 9.47 Å². The van der Waals surface area contributed by atoms with Gasteiger partial charge in [-0.2, -0.15) is 0 Å². The summed E-state index contributed by atoms with van der Waals surface area (Å²) in [5.41, 5.74) is 2.20. The van der Waals surface area contributed by atoms with Crippen molar-refractivity contribution in [3.05, 3.63) is 59.7 Å². The first-order valence-electron chi connectivity index (χ1n) is 10.9. The summed E-state index contributed by atoms with van der Waals surface area (Å²) in [4.78, 5) is 8.92. The standard InChI is InChI=1S/C24H30N4O2.2ClH/c1(3-15-29-21-9-5-7-19(17-21)23-25-11-12-26-23)2-4-16-30-22-10-6-8-20(18-22)24-27-13-14-28-24;;/h5-10,17-18H,1-4,11-16H2,(H,25,26)(H,27,28);2*1H. The van der Waals surface area contributed by atoms with Gasteiger partial charge in [0.05, 0.1) is 26.3 Å². The minimum atomic E-state index is 0. The summed E-state index contributed by atoms with van der Waals surface area (Å²) in [6.07, 6.45) is 4.37. The number of amidine groups is 2. The molecule has 0 amide bonds. The van der Waals surface area contributed by atoms with Crippen molar-refractivity contribution >= 4 is 36.5 Å². The Morgan fingerprint density at radius 2 is 1.12 bits per heavy atom. The van der Waals surface area contributed by atoms with Gasteiger partial charge < -0.3 is 20.1 Å². The van der Waals surface area contributed by atoms with Crippen LogP contribution in [0.25, 0.3) is 0 Å². The van der Waals surface area contributed by atoms with E-state index < -0.39 is 0 Å². The van der Waals surface area contributed by atoms with E-state index in [2.05, 4.69) is 44.9 Å². The van der Waals surface area contributed by atoms with Gasteiger partial charge in [0, 0.05) is 24.2 Å². The molecule has 0 radical (unpaired) electrons. The Kier molecular flexibility index (Phi) is 11.2. The summed E-state index contributed by atoms with van der Waals surface area (Å²) in [5.74, 6) is 3.76. The van der Waals surface area contributed by atoms with Crippen molar-refractivity contribution in [2.24, 2.45) is 9.98 Å². The number of hydrogen-bond donors (Lipinski definition) is 2. The molecule has 2 aliphatic heterocycles. The number of nitrogens with zero attached hydrogens (tertiary/aromatic N) is 2. The van der Waals surface area contributed by atoms with Crippen molar-refractivity contribution in [1.82, 2.24) is 10.6 Å². The van der Waals surface area contributed by atoms with Gasteiger partial charge in [0.15, 0.2) is 0 Å². The molecule has 0 fully saturated rings. The normalized spacial score (nSPS) is 14.2. The van der Waals surface area contributed by atoms with Crippen LogP contribution in [0.2, 0.25) is 0 Å². The number of unbranched alkanes of at least 4 members (excludes halogenated alkanes) is 3. The fraction of sp³-hybridized carbons (Fsp3) is 0.417. The second-order valence-electron chi connectivity index (χ2n) is 7.48. The first-order valence-corrected chi connectivity index (χ1v) is 10.9. The van der Waals surface area contributed by atoms with Gasteiger partial charge in [-0.25, -0.2) is 0 Å². The summed E-state index contributed by atoms with van der Waals surface area (Å²) < 4.78 is 11.8. The van der Waals surface area contributed by atoms with E-state index in [1.165, 1.54) is 0 Å². The second-order valence-corrected chi connectivity index (χ2v) is 7.48. The van der Waals surface area contributed by atoms with Crippen molar-refractivity contribution in [2.75, 3.05) is 39.4 Å². The van der Waals surface area contributed by atoms with Gasteiger partial charge in [0.25, 0.3) is 0 Å². The summed E-state index contributed by atoms with van der Waals surface area (Å²) in [5, 5.41) is 6.60. The lowest BCUT2D eigenvalue weighted by molar-refractivity contribution is 0.287. The minimum Gasteiger partial charge on any atom is -0.494 e. The number of benzene rings is 2. The maximum Gasteiger partial charge on any atom is 0.128 e. The summed E-state index contributed by atoms with van der Waals surface area (Å²) in [7, 11) is 0. The number of ether oxygens (including phenoxy) is 2. The minimum absolute atomic E-state index is 0. The molecule has 32 heavy (non-hydrogen) atoms. The first kappa shape index (κ1) is 25.8. The SMILES string of the molecule is Cl.Cl.c1cc(OCCCCCCOc2cccc(C3=NCCN3)c2)cc(C2=NCCN2)c1. The molecule has 6 nitrogen and oxygen atoms in total. The van der Waals surface area contributed by atoms with Crippen molar-refractivity contribution < 1.29 is 9.47 Å². The summed E-state index contributed by atoms with van der Waals surface area (Å²) in [6, 6.07) is 16.3. The van der Waals surface area contributed by atoms with Crippen LogP contribution in [0.15, 0.2) is 58.5 Å². The van der Waals surface area contributed by atoms with Crippen LogP contribution in [0.4, 0.5) is 0 Å². The van der Waals surface area contributed by atoms with Gasteiger partial charge in [-0.15, -0.1) is 24.8 Å². The molecule has 0 aliphatic carbocycles. The molecule has 0 unspecified atom stereocenters. The predicted molar refractivity (Wildman–Crippen MR) is 136 cm³/mol. The molecule has 2 aromatic carbocycles. The molecule has 2 heterocycles. The molecule has 0 aromatic heterocycles. The highest BCUT2D eigenvalue weighted by Gasteiger charge is 2.09. The molecule has 8 heteroatoms. The van der Waals surface area contributed by atoms with Crippen LogP contribution >= 0.6 is 24.8 Å². The third kappa shape index (κ3) is 7.61. The molecule has 0 atom stereocenters. The molecule has 4 rings (SSSR count). The number of aliphatic imine (C=N–C) groups is 2. The highest BCUT2D eigenvalue weighted by atomic mass is 35.5. The Balaban J connectivity index is 0.00000181. The third-order valence-corrected chi connectivity index (χ3v) is 5.14. The number of halogens is 2. The largest absolute Gasteiger partial charge is 0.494 e. The lowest BCUT2D eigenvalue weighted by Gasteiger charge is -2.09. The molecule has 0 saturated carbocycles. The Morgan fingerprint density at radius 1 is 0.656 bits per heavy atom. The van der Waals surface area contributed by atoms with Gasteiger partial charge in [-0.3, -0.25) is 9.98 Å². The van der Waals surface area contributed by atoms with Crippen molar-refractivity contribution in [3.8, 4) is 11.5 Å². The topological polar surface area (TPSA) is 67.2 Å². The van der Waals surface area contributed by atoms with Crippen LogP contribution in [-0.2, 0) is 0 Å². The highest BCUT2D eigenvalue weighted by Crippen LogP contribution is 2.17. The fourth-order valence-electron chi connectivity index (χ4n) is 3.59. The van der Waals surface area contributed by atoms with E-state index in [9.17, 15) is 0 Å². The Labute approximate surface area is 202 Å². The highest BCUT2D eigenvalue weighted by molar-refractivity contribution is 6.00. The lowest BCUT2D eigenvalue weighted by atomic mass is 10.2. The summed E-state index contributed by atoms with van der Waals surface area (Å²) >= 11 is 0. The van der Waals surface area contributed by atoms with E-state index in [0.29, 0.717) is 0 Å². The molecule has 0 saturated heterocycles. The van der Waals surface area contributed by atoms with Crippen LogP contribution in [0.1, 0.15) is 36.8 Å². The molecular formula is C24H32Cl2N4O2. The van der Waals surface area contributed by atoms with Crippen LogP contribution in [0.5, 0.6) is 11.5 Å². The molecule has 2 N–H and O–H groups in total. The Bertz CT molecular complexity index is 832. The van der Waals surface area contributed by atoms with Gasteiger partial charge >= 0.3 is 0 Å². The van der Waals surface area contributed by atoms with E-state index in [0.717, 1.165) is 99.4 Å². The molecule has 174 valence electrons. The van der Waals surface area contributed by atoms with Crippen molar-refractivity contribution in [2.45, 2.75) is 25.7 Å². The quantitative estimate of drug-likeness (QED) is 0.473. The van der Waals surface area contributed by atoms with E-state index >= 15 is 0 Å². The van der Waals surface area contributed by atoms with E-state index in [-0.39, 0.29) is 24.8 Å². The smallest absolute Gasteiger partial charge is 0.128 e. The Morgan fingerprint density at radius 3 is 1.53 bits per heavy atom. The Hall–Kier alpha value is -2.44. The van der Waals surface area contributed by atoms with Crippen molar-refractivity contribution in [3.63, 3.8) is 0 Å². The zero-order chi connectivity index (χ0) is 20.4. The second kappa shape index (κ2) is 13.9. The first-order chi connectivity index (χ1) is 14.9. The van der Waals surface area contributed by atoms with E-state index in [1.54, 1.807) is 0 Å². The van der Waals surface area contributed by atoms with Crippen LogP contribution in [0.3, 0.4) is 0 Å². The van der Waals surface area contributed by atoms with Crippen LogP contribution in [-0.4, -0.2) is 51.1 Å². The van der Waals surface area contributed by atoms with Gasteiger partial charge in [0.2, 0.25) is 0 Å². The number of hydrogen-bond acceptors (Lipinski definition) is 6. The average Bonchev–Trinajstić information content (AvgIpc) is 3.51. The fourth-order valence-corrected chi connectivity index (χ4v) is 3.59. The van der Waals surface area contributed by atoms with Crippen LogP contribution in [0, 0.1) is 0 Å². The average molecular weight is 479 g/mol. The zero-order valence-corrected chi connectivity index (χ0v) is 19.9. The monoisotopic (exact) mass is 478 g/mol. The zero-order valence-electron chi connectivity index (χ0n) is 18.2. The van der Waals surface area contributed by atoms with Gasteiger partial charge in [-0.05, 0) is 49.9 Å². The van der Waals surface area contributed by atoms with Gasteiger partial charge in [0.1, 0.15) is 23.2 Å². The molecular weight excluding hydrogens is 447 g/mol. The third-order valence-electron chi connectivity index (χ3n) is 5.14. The maximum absolute atomic E-state index is 5.91. The number of nitrogens with one attached hydrogen (secondary N) is 2. The maximum atomic E-state index is 5.91.